The van der Waals surface area contributed by atoms with Gasteiger partial charge in [-0.3, -0.25) is 0 Å². The Morgan fingerprint density at radius 3 is 1.66 bits per heavy atom. The Morgan fingerprint density at radius 1 is 0.393 bits per heavy atom. The molecule has 0 aliphatic carbocycles. The van der Waals surface area contributed by atoms with Crippen LogP contribution in [0.4, 0.5) is 0 Å². The van der Waals surface area contributed by atoms with Gasteiger partial charge >= 0.3 is 0 Å². The molecule has 0 bridgehead atoms. The van der Waals surface area contributed by atoms with Gasteiger partial charge in [-0.2, -0.15) is 5.26 Å². The molecule has 0 aliphatic rings. The van der Waals surface area contributed by atoms with Crippen LogP contribution >= 0.6 is 0 Å². The summed E-state index contributed by atoms with van der Waals surface area (Å²) < 4.78 is 2.36. The average Bonchev–Trinajstić information content (AvgIpc) is 3.70. The molecule has 0 saturated carbocycles. The van der Waals surface area contributed by atoms with Gasteiger partial charge in [0.1, 0.15) is 0 Å². The van der Waals surface area contributed by atoms with Gasteiger partial charge in [0, 0.05) is 44.1 Å². The normalized spacial score (nSPS) is 11.3. The van der Waals surface area contributed by atoms with Crippen molar-refractivity contribution in [3.8, 4) is 79.2 Å². The van der Waals surface area contributed by atoms with Gasteiger partial charge in [0.2, 0.25) is 0 Å². The third-order valence-corrected chi connectivity index (χ3v) is 11.4. The van der Waals surface area contributed by atoms with Crippen molar-refractivity contribution in [3.05, 3.63) is 218 Å². The van der Waals surface area contributed by atoms with Crippen molar-refractivity contribution in [2.75, 3.05) is 0 Å². The summed E-state index contributed by atoms with van der Waals surface area (Å²) in [4.78, 5) is 15.5. The van der Waals surface area contributed by atoms with Crippen molar-refractivity contribution >= 4 is 32.7 Å². The van der Waals surface area contributed by atoms with E-state index in [1.165, 1.54) is 10.8 Å². The molecule has 0 aliphatic heterocycles. The lowest BCUT2D eigenvalue weighted by atomic mass is 9.99. The minimum Gasteiger partial charge on any atom is -0.307 e. The first kappa shape index (κ1) is 35.7. The Kier molecular flexibility index (Phi) is 8.80. The molecule has 11 aromatic rings. The zero-order valence-corrected chi connectivity index (χ0v) is 32.9. The Labute approximate surface area is 353 Å². The molecular weight excluding hydrogens is 743 g/mol. The van der Waals surface area contributed by atoms with Gasteiger partial charge in [0.15, 0.2) is 5.82 Å². The molecule has 0 saturated heterocycles. The molecule has 0 atom stereocenters. The van der Waals surface area contributed by atoms with Crippen LogP contribution in [0.25, 0.3) is 106 Å². The minimum atomic E-state index is 0.583. The molecule has 8 aromatic carbocycles. The van der Waals surface area contributed by atoms with E-state index in [0.717, 1.165) is 89.2 Å². The maximum Gasteiger partial charge on any atom is 0.160 e. The highest BCUT2D eigenvalue weighted by Gasteiger charge is 2.21. The maximum absolute atomic E-state index is 9.68. The summed E-state index contributed by atoms with van der Waals surface area (Å²) in [7, 11) is 0. The Balaban J connectivity index is 0.984. The number of rotatable bonds is 7. The van der Waals surface area contributed by atoms with Gasteiger partial charge in [-0.25, -0.2) is 15.0 Å². The molecule has 0 fully saturated rings. The highest BCUT2D eigenvalue weighted by atomic mass is 15.0. The summed E-state index contributed by atoms with van der Waals surface area (Å²) in [6.45, 7) is 0. The van der Waals surface area contributed by atoms with Crippen molar-refractivity contribution in [1.29, 1.82) is 5.26 Å². The van der Waals surface area contributed by atoms with Crippen LogP contribution in [0.15, 0.2) is 212 Å². The second-order valence-corrected chi connectivity index (χ2v) is 15.1. The molecule has 11 rings (SSSR count). The van der Waals surface area contributed by atoms with E-state index in [1.807, 2.05) is 36.4 Å². The molecule has 0 amide bonds. The Bertz CT molecular complexity index is 3460. The van der Waals surface area contributed by atoms with Gasteiger partial charge < -0.3 is 4.57 Å². The first-order chi connectivity index (χ1) is 30.2. The number of nitriles is 1. The van der Waals surface area contributed by atoms with Crippen LogP contribution in [0.5, 0.6) is 0 Å². The van der Waals surface area contributed by atoms with Crippen LogP contribution in [0.1, 0.15) is 5.56 Å². The van der Waals surface area contributed by atoms with E-state index < -0.39 is 0 Å². The smallest absolute Gasteiger partial charge is 0.160 e. The lowest BCUT2D eigenvalue weighted by Crippen LogP contribution is -1.97. The predicted molar refractivity (Wildman–Crippen MR) is 249 cm³/mol. The van der Waals surface area contributed by atoms with E-state index in [-0.39, 0.29) is 0 Å². The number of benzene rings is 8. The number of hydrogen-bond donors (Lipinski definition) is 0. The van der Waals surface area contributed by atoms with Gasteiger partial charge in [-0.1, -0.05) is 164 Å². The van der Waals surface area contributed by atoms with Gasteiger partial charge in [-0.05, 0) is 70.8 Å². The van der Waals surface area contributed by atoms with E-state index in [9.17, 15) is 5.26 Å². The summed E-state index contributed by atoms with van der Waals surface area (Å²) in [6, 6.07) is 75.5. The number of hydrogen-bond acceptors (Lipinski definition) is 4. The van der Waals surface area contributed by atoms with Gasteiger partial charge in [0.25, 0.3) is 0 Å². The highest BCUT2D eigenvalue weighted by molar-refractivity contribution is 6.23. The third-order valence-electron chi connectivity index (χ3n) is 11.4. The number of fused-ring (bicyclic) bond motifs is 5. The van der Waals surface area contributed by atoms with Crippen LogP contribution in [-0.4, -0.2) is 19.5 Å². The molecule has 3 aromatic heterocycles. The Hall–Kier alpha value is -8.46. The van der Waals surface area contributed by atoms with Crippen LogP contribution in [0.3, 0.4) is 0 Å². The molecule has 5 heteroatoms. The highest BCUT2D eigenvalue weighted by Crippen LogP contribution is 2.41. The molecule has 0 unspecified atom stereocenters. The second kappa shape index (κ2) is 15.0. The summed E-state index contributed by atoms with van der Waals surface area (Å²) in [6.07, 6.45) is 0. The van der Waals surface area contributed by atoms with E-state index in [0.29, 0.717) is 11.4 Å². The fourth-order valence-electron chi connectivity index (χ4n) is 8.48. The quantitative estimate of drug-likeness (QED) is 0.162. The monoisotopic (exact) mass is 777 g/mol. The van der Waals surface area contributed by atoms with Crippen molar-refractivity contribution in [3.63, 3.8) is 0 Å². The summed E-state index contributed by atoms with van der Waals surface area (Å²) in [5.41, 5.74) is 15.6. The first-order valence-electron chi connectivity index (χ1n) is 20.3. The first-order valence-corrected chi connectivity index (χ1v) is 20.3. The minimum absolute atomic E-state index is 0.583. The van der Waals surface area contributed by atoms with Crippen molar-refractivity contribution < 1.29 is 0 Å². The standard InChI is InChI=1S/C56H35N5/c57-36-37-13-11-17-44(33-37)50-35-51(45-18-12-16-43(34-45)38-14-3-1-4-15-38)60-56(59-50)42-31-27-40(28-32-42)39-25-29-41(30-26-39)54-55-53(47-21-7-9-23-49(47)58-54)48-22-8-10-24-52(48)61(55)46-19-5-2-6-20-46/h1-35H. The molecular formula is C56H35N5. The van der Waals surface area contributed by atoms with Crippen LogP contribution < -0.4 is 0 Å². The third kappa shape index (κ3) is 6.50. The second-order valence-electron chi connectivity index (χ2n) is 15.1. The van der Waals surface area contributed by atoms with Crippen molar-refractivity contribution in [2.45, 2.75) is 0 Å². The topological polar surface area (TPSA) is 67.4 Å². The lowest BCUT2D eigenvalue weighted by Gasteiger charge is -2.13. The molecule has 0 spiro atoms. The fraction of sp³-hybridized carbons (Fsp3) is 0. The van der Waals surface area contributed by atoms with Gasteiger partial charge in [-0.15, -0.1) is 0 Å². The van der Waals surface area contributed by atoms with Crippen LogP contribution in [0, 0.1) is 11.3 Å². The summed E-state index contributed by atoms with van der Waals surface area (Å²) in [5, 5.41) is 13.2. The fourth-order valence-corrected chi connectivity index (χ4v) is 8.48. The molecule has 0 N–H and O–H groups in total. The van der Waals surface area contributed by atoms with Crippen molar-refractivity contribution in [1.82, 2.24) is 19.5 Å². The predicted octanol–water partition coefficient (Wildman–Crippen LogP) is 14.0. The summed E-state index contributed by atoms with van der Waals surface area (Å²) in [5.74, 6) is 0.613. The van der Waals surface area contributed by atoms with Gasteiger partial charge in [0.05, 0.1) is 45.3 Å². The number of pyridine rings is 1. The SMILES string of the molecule is N#Cc1cccc(-c2cc(-c3cccc(-c4ccccc4)c3)nc(-c3ccc(-c4ccc(-c5nc6ccccc6c6c7ccccc7n(-c7ccccc7)c56)cc4)cc3)n2)c1. The number of para-hydroxylation sites is 3. The number of nitrogens with zero attached hydrogens (tertiary/aromatic N) is 5. The van der Waals surface area contributed by atoms with Crippen molar-refractivity contribution in [2.24, 2.45) is 0 Å². The lowest BCUT2D eigenvalue weighted by molar-refractivity contribution is 1.17. The molecule has 5 nitrogen and oxygen atoms in total. The van der Waals surface area contributed by atoms with E-state index >= 15 is 0 Å². The zero-order valence-electron chi connectivity index (χ0n) is 32.9. The molecule has 284 valence electrons. The van der Waals surface area contributed by atoms with Crippen LogP contribution in [0.2, 0.25) is 0 Å². The molecule has 3 heterocycles. The summed E-state index contributed by atoms with van der Waals surface area (Å²) >= 11 is 0. The average molecular weight is 778 g/mol. The zero-order chi connectivity index (χ0) is 40.7. The number of aromatic nitrogens is 4. The van der Waals surface area contributed by atoms with E-state index in [4.69, 9.17) is 15.0 Å². The van der Waals surface area contributed by atoms with E-state index in [1.54, 1.807) is 0 Å². The largest absolute Gasteiger partial charge is 0.307 e. The molecule has 0 radical (unpaired) electrons. The Morgan fingerprint density at radius 2 is 0.934 bits per heavy atom. The maximum atomic E-state index is 9.68. The molecule has 61 heavy (non-hydrogen) atoms. The van der Waals surface area contributed by atoms with E-state index in [2.05, 4.69) is 187 Å². The van der Waals surface area contributed by atoms with Crippen LogP contribution in [-0.2, 0) is 0 Å².